The van der Waals surface area contributed by atoms with E-state index < -0.39 is 5.54 Å². The predicted octanol–water partition coefficient (Wildman–Crippen LogP) is 5.78. The van der Waals surface area contributed by atoms with Gasteiger partial charge in [0, 0.05) is 22.5 Å². The average molecular weight is 461 g/mol. The van der Waals surface area contributed by atoms with Gasteiger partial charge in [0.05, 0.1) is 6.04 Å². The minimum absolute atomic E-state index is 0.0205. The number of rotatable bonds is 4. The first kappa shape index (κ1) is 23.2. The van der Waals surface area contributed by atoms with Gasteiger partial charge in [-0.3, -0.25) is 9.59 Å². The van der Waals surface area contributed by atoms with Crippen molar-refractivity contribution in [3.63, 3.8) is 0 Å². The molecule has 172 valence electrons. The molecule has 0 fully saturated rings. The van der Waals surface area contributed by atoms with E-state index in [0.717, 1.165) is 17.5 Å². The Morgan fingerprint density at radius 2 is 1.58 bits per heavy atom. The smallest absolute Gasteiger partial charge is 0.254 e. The monoisotopic (exact) mass is 460 g/mol. The summed E-state index contributed by atoms with van der Waals surface area (Å²) in [5.74, 6) is -0.135. The summed E-state index contributed by atoms with van der Waals surface area (Å²) in [5.41, 5.74) is 4.74. The van der Waals surface area contributed by atoms with Crippen molar-refractivity contribution in [3.05, 3.63) is 92.7 Å². The maximum Gasteiger partial charge on any atom is 0.254 e. The second kappa shape index (κ2) is 9.14. The van der Waals surface area contributed by atoms with Crippen molar-refractivity contribution in [1.82, 2.24) is 9.80 Å². The van der Waals surface area contributed by atoms with Crippen LogP contribution in [0.3, 0.4) is 0 Å². The van der Waals surface area contributed by atoms with Crippen LogP contribution in [-0.4, -0.2) is 40.2 Å². The summed E-state index contributed by atoms with van der Waals surface area (Å²) in [6.07, 6.45) is 0.850. The molecular formula is C28H32N2O2S. The van der Waals surface area contributed by atoms with Crippen molar-refractivity contribution < 1.29 is 9.59 Å². The molecule has 5 heteroatoms. The third kappa shape index (κ3) is 4.88. The zero-order valence-corrected chi connectivity index (χ0v) is 20.9. The van der Waals surface area contributed by atoms with Crippen molar-refractivity contribution in [2.75, 3.05) is 13.1 Å². The maximum absolute atomic E-state index is 13.8. The van der Waals surface area contributed by atoms with Crippen molar-refractivity contribution in [2.45, 2.75) is 52.6 Å². The number of carbonyl (C=O) groups excluding carboxylic acids is 2. The highest BCUT2D eigenvalue weighted by Gasteiger charge is 2.36. The lowest BCUT2D eigenvalue weighted by atomic mass is 9.92. The summed E-state index contributed by atoms with van der Waals surface area (Å²) in [7, 11) is 0. The SMILES string of the molecule is Cc1ccc(C(=O)N(CC(=O)N2CCc3sccc3C2c2ccc(C)cc2)C(C)(C)C)cc1. The van der Waals surface area contributed by atoms with Crippen LogP contribution in [0.15, 0.2) is 60.0 Å². The van der Waals surface area contributed by atoms with Gasteiger partial charge < -0.3 is 9.80 Å². The van der Waals surface area contributed by atoms with Gasteiger partial charge in [0.15, 0.2) is 0 Å². The van der Waals surface area contributed by atoms with Gasteiger partial charge in [-0.05, 0) is 75.7 Å². The third-order valence-electron chi connectivity index (χ3n) is 6.33. The average Bonchev–Trinajstić information content (AvgIpc) is 3.25. The Labute approximate surface area is 200 Å². The van der Waals surface area contributed by atoms with Crippen molar-refractivity contribution in [3.8, 4) is 0 Å². The number of fused-ring (bicyclic) bond motifs is 1. The summed E-state index contributed by atoms with van der Waals surface area (Å²) in [6.45, 7) is 10.7. The molecule has 1 unspecified atom stereocenters. The first-order valence-corrected chi connectivity index (χ1v) is 12.3. The van der Waals surface area contributed by atoms with Crippen molar-refractivity contribution >= 4 is 23.2 Å². The lowest BCUT2D eigenvalue weighted by Crippen LogP contribution is -2.52. The number of hydrogen-bond acceptors (Lipinski definition) is 3. The van der Waals surface area contributed by atoms with Crippen LogP contribution >= 0.6 is 11.3 Å². The lowest BCUT2D eigenvalue weighted by molar-refractivity contribution is -0.135. The van der Waals surface area contributed by atoms with Crippen LogP contribution in [0.25, 0.3) is 0 Å². The third-order valence-corrected chi connectivity index (χ3v) is 7.32. The van der Waals surface area contributed by atoms with Crippen LogP contribution in [0.1, 0.15) is 64.3 Å². The molecule has 3 aromatic rings. The molecule has 0 aliphatic carbocycles. The van der Waals surface area contributed by atoms with E-state index in [1.807, 2.05) is 56.9 Å². The molecule has 0 saturated carbocycles. The van der Waals surface area contributed by atoms with Gasteiger partial charge in [-0.1, -0.05) is 47.5 Å². The molecule has 2 aromatic carbocycles. The highest BCUT2D eigenvalue weighted by Crippen LogP contribution is 2.38. The number of thiophene rings is 1. The number of benzene rings is 2. The summed E-state index contributed by atoms with van der Waals surface area (Å²) in [6, 6.07) is 18.0. The Balaban J connectivity index is 1.65. The molecule has 2 heterocycles. The van der Waals surface area contributed by atoms with Gasteiger partial charge in [-0.15, -0.1) is 11.3 Å². The first-order chi connectivity index (χ1) is 15.6. The highest BCUT2D eigenvalue weighted by atomic mass is 32.1. The topological polar surface area (TPSA) is 40.6 Å². The zero-order chi connectivity index (χ0) is 23.8. The van der Waals surface area contributed by atoms with E-state index in [0.29, 0.717) is 12.1 Å². The molecule has 2 amide bonds. The highest BCUT2D eigenvalue weighted by molar-refractivity contribution is 7.10. The molecular weight excluding hydrogens is 428 g/mol. The molecule has 4 nitrogen and oxygen atoms in total. The van der Waals surface area contributed by atoms with E-state index in [2.05, 4.69) is 42.6 Å². The Bertz CT molecular complexity index is 1140. The van der Waals surface area contributed by atoms with Crippen LogP contribution in [0.5, 0.6) is 0 Å². The van der Waals surface area contributed by atoms with E-state index in [1.54, 1.807) is 16.2 Å². The molecule has 1 atom stereocenters. The van der Waals surface area contributed by atoms with Crippen molar-refractivity contribution in [1.29, 1.82) is 0 Å². The molecule has 0 bridgehead atoms. The molecule has 33 heavy (non-hydrogen) atoms. The lowest BCUT2D eigenvalue weighted by Gasteiger charge is -2.40. The van der Waals surface area contributed by atoms with Crippen LogP contribution in [0.2, 0.25) is 0 Å². The molecule has 0 saturated heterocycles. The largest absolute Gasteiger partial charge is 0.330 e. The maximum atomic E-state index is 13.8. The minimum Gasteiger partial charge on any atom is -0.330 e. The Morgan fingerprint density at radius 1 is 0.970 bits per heavy atom. The Morgan fingerprint density at radius 3 is 2.18 bits per heavy atom. The number of hydrogen-bond donors (Lipinski definition) is 0. The predicted molar refractivity (Wildman–Crippen MR) is 135 cm³/mol. The van der Waals surface area contributed by atoms with Crippen LogP contribution in [0.4, 0.5) is 0 Å². The first-order valence-electron chi connectivity index (χ1n) is 11.5. The molecule has 1 aliphatic rings. The molecule has 0 spiro atoms. The minimum atomic E-state index is -0.486. The van der Waals surface area contributed by atoms with Crippen LogP contribution < -0.4 is 0 Å². The fourth-order valence-electron chi connectivity index (χ4n) is 4.38. The van der Waals surface area contributed by atoms with Gasteiger partial charge >= 0.3 is 0 Å². The number of carbonyl (C=O) groups is 2. The fourth-order valence-corrected chi connectivity index (χ4v) is 5.29. The number of amides is 2. The Kier molecular flexibility index (Phi) is 6.44. The summed E-state index contributed by atoms with van der Waals surface area (Å²) in [5, 5.41) is 2.11. The molecule has 4 rings (SSSR count). The summed E-state index contributed by atoms with van der Waals surface area (Å²) in [4.78, 5) is 32.2. The molecule has 0 radical (unpaired) electrons. The summed E-state index contributed by atoms with van der Waals surface area (Å²) >= 11 is 1.76. The standard InChI is InChI=1S/C28H32N2O2S/c1-19-6-10-21(11-7-19)26-23-15-17-33-24(23)14-16-29(26)25(31)18-30(28(3,4)5)27(32)22-12-8-20(2)9-13-22/h6-13,15,17,26H,14,16,18H2,1-5H3. The van der Waals surface area contributed by atoms with Crippen LogP contribution in [-0.2, 0) is 11.2 Å². The molecule has 1 aliphatic heterocycles. The van der Waals surface area contributed by atoms with E-state index in [9.17, 15) is 9.59 Å². The van der Waals surface area contributed by atoms with Gasteiger partial charge in [-0.25, -0.2) is 0 Å². The second-order valence-corrected chi connectivity index (χ2v) is 10.9. The van der Waals surface area contributed by atoms with Gasteiger partial charge in [0.1, 0.15) is 6.54 Å². The van der Waals surface area contributed by atoms with Crippen LogP contribution in [0, 0.1) is 13.8 Å². The number of aryl methyl sites for hydroxylation is 2. The molecule has 0 N–H and O–H groups in total. The van der Waals surface area contributed by atoms with E-state index in [4.69, 9.17) is 0 Å². The quantitative estimate of drug-likeness (QED) is 0.495. The second-order valence-electron chi connectivity index (χ2n) is 9.88. The zero-order valence-electron chi connectivity index (χ0n) is 20.1. The number of nitrogens with zero attached hydrogens (tertiary/aromatic N) is 2. The Hall–Kier alpha value is -2.92. The van der Waals surface area contributed by atoms with E-state index in [1.165, 1.54) is 16.0 Å². The van der Waals surface area contributed by atoms with E-state index in [-0.39, 0.29) is 24.4 Å². The summed E-state index contributed by atoms with van der Waals surface area (Å²) < 4.78 is 0. The molecule has 1 aromatic heterocycles. The van der Waals surface area contributed by atoms with Gasteiger partial charge in [0.25, 0.3) is 5.91 Å². The van der Waals surface area contributed by atoms with Gasteiger partial charge in [-0.2, -0.15) is 0 Å². The fraction of sp³-hybridized carbons (Fsp3) is 0.357. The normalized spacial score (nSPS) is 15.8. The van der Waals surface area contributed by atoms with Gasteiger partial charge in [0.2, 0.25) is 5.91 Å². The van der Waals surface area contributed by atoms with Crippen molar-refractivity contribution in [2.24, 2.45) is 0 Å². The van der Waals surface area contributed by atoms with E-state index >= 15 is 0 Å².